The van der Waals surface area contributed by atoms with E-state index in [-0.39, 0.29) is 0 Å². The van der Waals surface area contributed by atoms with Crippen LogP contribution in [0.15, 0.2) is 127 Å². The number of allylic oxidation sites excluding steroid dienone is 1. The predicted molar refractivity (Wildman–Crippen MR) is 160 cm³/mol. The third-order valence-corrected chi connectivity index (χ3v) is 8.00. The minimum absolute atomic E-state index is 1.06. The fraction of sp³-hybridized carbons (Fsp3) is 0.0556. The molecule has 2 heterocycles. The first-order chi connectivity index (χ1) is 18.9. The van der Waals surface area contributed by atoms with Gasteiger partial charge in [0.05, 0.1) is 16.6 Å². The van der Waals surface area contributed by atoms with E-state index < -0.39 is 0 Å². The molecule has 1 aliphatic rings. The van der Waals surface area contributed by atoms with Crippen molar-refractivity contribution in [1.29, 1.82) is 0 Å². The van der Waals surface area contributed by atoms with Gasteiger partial charge < -0.3 is 9.13 Å². The number of hydrogen-bond acceptors (Lipinski definition) is 0. The van der Waals surface area contributed by atoms with Crippen LogP contribution in [0.3, 0.4) is 0 Å². The van der Waals surface area contributed by atoms with Gasteiger partial charge in [-0.2, -0.15) is 0 Å². The summed E-state index contributed by atoms with van der Waals surface area (Å²) in [6, 6.07) is 44.1. The normalized spacial score (nSPS) is 12.9. The quantitative estimate of drug-likeness (QED) is 0.235. The molecule has 0 saturated heterocycles. The molecule has 0 unspecified atom stereocenters. The fourth-order valence-corrected chi connectivity index (χ4v) is 6.28. The molecular weight excluding hydrogens is 460 g/mol. The van der Waals surface area contributed by atoms with Crippen LogP contribution in [0.25, 0.3) is 61.3 Å². The molecule has 0 saturated carbocycles. The summed E-state index contributed by atoms with van der Waals surface area (Å²) in [6.45, 7) is 0. The first-order valence-corrected chi connectivity index (χ1v) is 13.4. The Hall–Kier alpha value is -4.82. The van der Waals surface area contributed by atoms with Gasteiger partial charge in [0.15, 0.2) is 0 Å². The van der Waals surface area contributed by atoms with Crippen LogP contribution in [0, 0.1) is 0 Å². The molecule has 0 spiro atoms. The highest BCUT2D eigenvalue weighted by Gasteiger charge is 2.19. The molecule has 2 aromatic heterocycles. The maximum absolute atomic E-state index is 2.48. The maximum atomic E-state index is 2.48. The van der Waals surface area contributed by atoms with Gasteiger partial charge >= 0.3 is 0 Å². The minimum atomic E-state index is 1.06. The average Bonchev–Trinajstić information content (AvgIpc) is 3.50. The average molecular weight is 487 g/mol. The summed E-state index contributed by atoms with van der Waals surface area (Å²) in [5.74, 6) is 0. The number of rotatable bonds is 3. The van der Waals surface area contributed by atoms with Crippen molar-refractivity contribution in [3.05, 3.63) is 139 Å². The number of aromatic nitrogens is 2. The smallest absolute Gasteiger partial charge is 0.0542 e. The largest absolute Gasteiger partial charge is 0.313 e. The third-order valence-electron chi connectivity index (χ3n) is 8.00. The highest BCUT2D eigenvalue weighted by molar-refractivity contribution is 6.10. The number of para-hydroxylation sites is 2. The van der Waals surface area contributed by atoms with Gasteiger partial charge in [-0.15, -0.1) is 0 Å². The molecule has 0 bridgehead atoms. The Bertz CT molecular complexity index is 2000. The van der Waals surface area contributed by atoms with Crippen molar-refractivity contribution in [3.63, 3.8) is 0 Å². The van der Waals surface area contributed by atoms with E-state index in [4.69, 9.17) is 0 Å². The van der Waals surface area contributed by atoms with Crippen molar-refractivity contribution >= 4 is 38.8 Å². The third kappa shape index (κ3) is 3.13. The van der Waals surface area contributed by atoms with Crippen LogP contribution in [-0.2, 0) is 6.42 Å². The van der Waals surface area contributed by atoms with Crippen molar-refractivity contribution in [2.45, 2.75) is 12.8 Å². The lowest BCUT2D eigenvalue weighted by molar-refractivity contribution is 0.889. The molecule has 0 radical (unpaired) electrons. The Kier molecular flexibility index (Phi) is 4.68. The Balaban J connectivity index is 1.34. The van der Waals surface area contributed by atoms with Crippen molar-refractivity contribution < 1.29 is 0 Å². The zero-order chi connectivity index (χ0) is 25.1. The summed E-state index contributed by atoms with van der Waals surface area (Å²) >= 11 is 0. The second-order valence-corrected chi connectivity index (χ2v) is 10.1. The number of hydrogen-bond donors (Lipinski definition) is 0. The number of benzene rings is 5. The molecule has 0 fully saturated rings. The van der Waals surface area contributed by atoms with Crippen LogP contribution < -0.4 is 0 Å². The minimum Gasteiger partial charge on any atom is -0.313 e. The molecule has 0 atom stereocenters. The molecule has 2 heteroatoms. The van der Waals surface area contributed by atoms with Gasteiger partial charge in [0.1, 0.15) is 0 Å². The first kappa shape index (κ1) is 21.3. The van der Waals surface area contributed by atoms with Crippen molar-refractivity contribution in [2.75, 3.05) is 0 Å². The summed E-state index contributed by atoms with van der Waals surface area (Å²) in [6.07, 6.45) is 6.76. The Morgan fingerprint density at radius 2 is 1.11 bits per heavy atom. The molecule has 0 aliphatic heterocycles. The lowest BCUT2D eigenvalue weighted by Crippen LogP contribution is -2.03. The van der Waals surface area contributed by atoms with E-state index >= 15 is 0 Å². The standard InChI is InChI=1S/C36H26N2/c1-2-10-25(11-3-1)26-18-20-27(21-19-26)37-35-17-9-6-14-31(35)32-24-28(22-23-36(32)37)38-33-15-7-4-12-29(33)30-13-5-8-16-34(30)38/h1-7,9-15,17-24H,8,16H2. The number of fused-ring (bicyclic) bond motifs is 6. The van der Waals surface area contributed by atoms with Crippen LogP contribution in [0.1, 0.15) is 17.7 Å². The van der Waals surface area contributed by atoms with Gasteiger partial charge in [-0.1, -0.05) is 91.0 Å². The second kappa shape index (κ2) is 8.36. The zero-order valence-corrected chi connectivity index (χ0v) is 21.0. The van der Waals surface area contributed by atoms with Crippen molar-refractivity contribution in [3.8, 4) is 22.5 Å². The van der Waals surface area contributed by atoms with E-state index in [2.05, 4.69) is 143 Å². The Morgan fingerprint density at radius 3 is 1.92 bits per heavy atom. The van der Waals surface area contributed by atoms with Crippen LogP contribution in [-0.4, -0.2) is 9.13 Å². The summed E-state index contributed by atoms with van der Waals surface area (Å²) in [4.78, 5) is 0. The Labute approximate surface area is 221 Å². The summed E-state index contributed by atoms with van der Waals surface area (Å²) in [7, 11) is 0. The van der Waals surface area contributed by atoms with E-state index in [0.29, 0.717) is 0 Å². The highest BCUT2D eigenvalue weighted by Crippen LogP contribution is 2.37. The van der Waals surface area contributed by atoms with Gasteiger partial charge in [-0.25, -0.2) is 0 Å². The van der Waals surface area contributed by atoms with Crippen LogP contribution in [0.2, 0.25) is 0 Å². The molecule has 180 valence electrons. The molecule has 38 heavy (non-hydrogen) atoms. The van der Waals surface area contributed by atoms with Gasteiger partial charge in [0.25, 0.3) is 0 Å². The van der Waals surface area contributed by atoms with E-state index in [1.54, 1.807) is 0 Å². The summed E-state index contributed by atoms with van der Waals surface area (Å²) < 4.78 is 4.88. The maximum Gasteiger partial charge on any atom is 0.0542 e. The molecule has 1 aliphatic carbocycles. The lowest BCUT2D eigenvalue weighted by Gasteiger charge is -2.14. The molecular formula is C36H26N2. The van der Waals surface area contributed by atoms with Gasteiger partial charge in [0, 0.05) is 38.8 Å². The van der Waals surface area contributed by atoms with Gasteiger partial charge in [-0.3, -0.25) is 0 Å². The SMILES string of the molecule is C1=Cc2c(n(-c3ccc4c(c3)c3ccccc3n4-c3ccc(-c4ccccc4)cc3)c3ccccc23)CC1. The van der Waals surface area contributed by atoms with E-state index in [9.17, 15) is 0 Å². The van der Waals surface area contributed by atoms with Crippen LogP contribution >= 0.6 is 0 Å². The van der Waals surface area contributed by atoms with Gasteiger partial charge in [-0.05, 0) is 66.4 Å². The fourth-order valence-electron chi connectivity index (χ4n) is 6.28. The monoisotopic (exact) mass is 486 g/mol. The van der Waals surface area contributed by atoms with E-state index in [1.807, 2.05) is 0 Å². The molecule has 7 aromatic rings. The van der Waals surface area contributed by atoms with E-state index in [0.717, 1.165) is 12.8 Å². The number of nitrogens with zero attached hydrogens (tertiary/aromatic N) is 2. The molecule has 8 rings (SSSR count). The molecule has 5 aromatic carbocycles. The summed E-state index contributed by atoms with van der Waals surface area (Å²) in [5, 5.41) is 3.89. The van der Waals surface area contributed by atoms with Crippen LogP contribution in [0.5, 0.6) is 0 Å². The highest BCUT2D eigenvalue weighted by atomic mass is 15.0. The summed E-state index contributed by atoms with van der Waals surface area (Å²) in [5.41, 5.74) is 11.4. The van der Waals surface area contributed by atoms with Crippen molar-refractivity contribution in [2.24, 2.45) is 0 Å². The second-order valence-electron chi connectivity index (χ2n) is 10.1. The van der Waals surface area contributed by atoms with E-state index in [1.165, 1.54) is 66.5 Å². The molecule has 0 N–H and O–H groups in total. The molecule has 0 amide bonds. The van der Waals surface area contributed by atoms with Crippen molar-refractivity contribution in [1.82, 2.24) is 9.13 Å². The molecule has 2 nitrogen and oxygen atoms in total. The Morgan fingerprint density at radius 1 is 0.474 bits per heavy atom. The lowest BCUT2D eigenvalue weighted by atomic mass is 10.0. The van der Waals surface area contributed by atoms with Crippen LogP contribution in [0.4, 0.5) is 0 Å². The first-order valence-electron chi connectivity index (χ1n) is 13.4. The topological polar surface area (TPSA) is 9.86 Å². The zero-order valence-electron chi connectivity index (χ0n) is 21.0. The van der Waals surface area contributed by atoms with Gasteiger partial charge in [0.2, 0.25) is 0 Å². The predicted octanol–water partition coefficient (Wildman–Crippen LogP) is 9.35.